The molecule has 17 heavy (non-hydrogen) atoms. The van der Waals surface area contributed by atoms with Gasteiger partial charge in [0.1, 0.15) is 6.10 Å². The molecular formula is C13H12N2OS. The lowest BCUT2D eigenvalue weighted by molar-refractivity contribution is 0.224. The fourth-order valence-electron chi connectivity index (χ4n) is 1.88. The highest BCUT2D eigenvalue weighted by Crippen LogP contribution is 2.32. The van der Waals surface area contributed by atoms with Gasteiger partial charge in [-0.2, -0.15) is 5.10 Å². The molecule has 3 aromatic rings. The molecule has 0 fully saturated rings. The fraction of sp³-hybridized carbons (Fsp3) is 0.154. The van der Waals surface area contributed by atoms with E-state index in [0.29, 0.717) is 0 Å². The Labute approximate surface area is 103 Å². The predicted molar refractivity (Wildman–Crippen MR) is 69.1 cm³/mol. The van der Waals surface area contributed by atoms with Crippen LogP contribution in [0.5, 0.6) is 0 Å². The molecule has 0 amide bonds. The zero-order chi connectivity index (χ0) is 11.8. The van der Waals surface area contributed by atoms with E-state index in [2.05, 4.69) is 17.2 Å². The van der Waals surface area contributed by atoms with Crippen LogP contribution in [-0.2, 0) is 7.05 Å². The van der Waals surface area contributed by atoms with Crippen LogP contribution in [0.1, 0.15) is 16.5 Å². The van der Waals surface area contributed by atoms with Crippen LogP contribution in [0, 0.1) is 0 Å². The number of aliphatic hydroxyl groups is 1. The number of benzene rings is 1. The molecule has 0 aliphatic heterocycles. The molecular weight excluding hydrogens is 232 g/mol. The van der Waals surface area contributed by atoms with E-state index in [1.54, 1.807) is 22.2 Å². The highest BCUT2D eigenvalue weighted by molar-refractivity contribution is 7.19. The smallest absolute Gasteiger partial charge is 0.116 e. The second kappa shape index (κ2) is 3.98. The van der Waals surface area contributed by atoms with Gasteiger partial charge in [-0.15, -0.1) is 11.3 Å². The summed E-state index contributed by atoms with van der Waals surface area (Å²) in [6.07, 6.45) is 2.96. The summed E-state index contributed by atoms with van der Waals surface area (Å²) in [6.45, 7) is 0. The van der Waals surface area contributed by atoms with Gasteiger partial charge in [-0.25, -0.2) is 0 Å². The number of hydrogen-bond donors (Lipinski definition) is 1. The molecule has 0 bridgehead atoms. The third-order valence-corrected chi connectivity index (χ3v) is 3.92. The van der Waals surface area contributed by atoms with Crippen molar-refractivity contribution >= 4 is 21.4 Å². The first-order chi connectivity index (χ1) is 8.24. The Morgan fingerprint density at radius 1 is 1.35 bits per heavy atom. The summed E-state index contributed by atoms with van der Waals surface area (Å²) >= 11 is 1.62. The molecule has 0 aliphatic rings. The first kappa shape index (κ1) is 10.5. The van der Waals surface area contributed by atoms with Gasteiger partial charge in [-0.3, -0.25) is 4.68 Å². The van der Waals surface area contributed by atoms with Crippen molar-refractivity contribution < 1.29 is 5.11 Å². The number of rotatable bonds is 2. The maximum Gasteiger partial charge on any atom is 0.116 e. The van der Waals surface area contributed by atoms with Gasteiger partial charge in [-0.05, 0) is 17.5 Å². The van der Waals surface area contributed by atoms with Crippen molar-refractivity contribution in [2.75, 3.05) is 0 Å². The van der Waals surface area contributed by atoms with Gasteiger partial charge >= 0.3 is 0 Å². The Kier molecular flexibility index (Phi) is 2.46. The van der Waals surface area contributed by atoms with E-state index < -0.39 is 6.10 Å². The lowest BCUT2D eigenvalue weighted by Gasteiger charge is -2.03. The van der Waals surface area contributed by atoms with Gasteiger partial charge in [0.05, 0.1) is 6.20 Å². The molecule has 0 spiro atoms. The van der Waals surface area contributed by atoms with Crippen molar-refractivity contribution in [3.05, 3.63) is 53.2 Å². The quantitative estimate of drug-likeness (QED) is 0.752. The predicted octanol–water partition coefficient (Wildman–Crippen LogP) is 2.72. The Morgan fingerprint density at radius 3 is 2.88 bits per heavy atom. The van der Waals surface area contributed by atoms with Gasteiger partial charge in [0, 0.05) is 28.4 Å². The molecule has 3 rings (SSSR count). The normalized spacial score (nSPS) is 13.1. The molecule has 1 aromatic carbocycles. The Bertz CT molecular complexity index is 623. The molecule has 0 saturated carbocycles. The summed E-state index contributed by atoms with van der Waals surface area (Å²) in [5.74, 6) is 0. The SMILES string of the molecule is Cn1cc(C(O)c2cc3ccccc3s2)cn1. The third kappa shape index (κ3) is 1.85. The number of nitrogens with zero attached hydrogens (tertiary/aromatic N) is 2. The monoisotopic (exact) mass is 244 g/mol. The maximum atomic E-state index is 10.3. The van der Waals surface area contributed by atoms with E-state index in [4.69, 9.17) is 0 Å². The van der Waals surface area contributed by atoms with Gasteiger partial charge < -0.3 is 5.11 Å². The van der Waals surface area contributed by atoms with Crippen molar-refractivity contribution in [2.24, 2.45) is 7.05 Å². The third-order valence-electron chi connectivity index (χ3n) is 2.75. The summed E-state index contributed by atoms with van der Waals surface area (Å²) in [7, 11) is 1.85. The summed E-state index contributed by atoms with van der Waals surface area (Å²) in [5, 5.41) is 15.5. The van der Waals surface area contributed by atoms with Crippen molar-refractivity contribution in [3.8, 4) is 0 Å². The van der Waals surface area contributed by atoms with E-state index in [0.717, 1.165) is 10.4 Å². The van der Waals surface area contributed by atoms with Crippen LogP contribution in [0.4, 0.5) is 0 Å². The largest absolute Gasteiger partial charge is 0.383 e. The Morgan fingerprint density at radius 2 is 2.18 bits per heavy atom. The molecule has 0 aliphatic carbocycles. The van der Waals surface area contributed by atoms with Crippen LogP contribution in [0.25, 0.3) is 10.1 Å². The van der Waals surface area contributed by atoms with E-state index in [1.807, 2.05) is 31.4 Å². The standard InChI is InChI=1S/C13H12N2OS/c1-15-8-10(7-14-15)13(16)12-6-9-4-2-3-5-11(9)17-12/h2-8,13,16H,1H3. The molecule has 1 unspecified atom stereocenters. The number of aliphatic hydroxyl groups excluding tert-OH is 1. The Hall–Kier alpha value is -1.65. The van der Waals surface area contributed by atoms with Crippen molar-refractivity contribution in [2.45, 2.75) is 6.10 Å². The summed E-state index contributed by atoms with van der Waals surface area (Å²) in [5.41, 5.74) is 0.832. The first-order valence-electron chi connectivity index (χ1n) is 5.39. The van der Waals surface area contributed by atoms with Crippen molar-refractivity contribution in [3.63, 3.8) is 0 Å². The first-order valence-corrected chi connectivity index (χ1v) is 6.21. The molecule has 0 saturated heterocycles. The molecule has 2 heterocycles. The Balaban J connectivity index is 2.03. The van der Waals surface area contributed by atoms with Gasteiger partial charge in [0.2, 0.25) is 0 Å². The molecule has 2 aromatic heterocycles. The average Bonchev–Trinajstić information content (AvgIpc) is 2.93. The minimum Gasteiger partial charge on any atom is -0.383 e. The minimum atomic E-state index is -0.582. The molecule has 4 heteroatoms. The highest BCUT2D eigenvalue weighted by Gasteiger charge is 2.14. The van der Waals surface area contributed by atoms with Gasteiger partial charge in [0.25, 0.3) is 0 Å². The van der Waals surface area contributed by atoms with Crippen molar-refractivity contribution in [1.82, 2.24) is 9.78 Å². The van der Waals surface area contributed by atoms with Crippen LogP contribution >= 0.6 is 11.3 Å². The number of fused-ring (bicyclic) bond motifs is 1. The summed E-state index contributed by atoms with van der Waals surface area (Å²) < 4.78 is 2.90. The number of aromatic nitrogens is 2. The zero-order valence-electron chi connectivity index (χ0n) is 9.37. The highest BCUT2D eigenvalue weighted by atomic mass is 32.1. The van der Waals surface area contributed by atoms with E-state index in [-0.39, 0.29) is 0 Å². The second-order valence-electron chi connectivity index (χ2n) is 4.04. The number of hydrogen-bond acceptors (Lipinski definition) is 3. The van der Waals surface area contributed by atoms with Gasteiger partial charge in [-0.1, -0.05) is 18.2 Å². The topological polar surface area (TPSA) is 38.0 Å². The average molecular weight is 244 g/mol. The van der Waals surface area contributed by atoms with E-state index in [1.165, 1.54) is 10.1 Å². The number of aryl methyl sites for hydroxylation is 1. The van der Waals surface area contributed by atoms with E-state index >= 15 is 0 Å². The lowest BCUT2D eigenvalue weighted by atomic mass is 10.1. The summed E-state index contributed by atoms with van der Waals surface area (Å²) in [4.78, 5) is 0.958. The molecule has 86 valence electrons. The summed E-state index contributed by atoms with van der Waals surface area (Å²) in [6, 6.07) is 10.2. The molecule has 1 atom stereocenters. The van der Waals surface area contributed by atoms with Crippen molar-refractivity contribution in [1.29, 1.82) is 0 Å². The van der Waals surface area contributed by atoms with Crippen LogP contribution in [-0.4, -0.2) is 14.9 Å². The molecule has 1 N–H and O–H groups in total. The zero-order valence-corrected chi connectivity index (χ0v) is 10.2. The maximum absolute atomic E-state index is 10.3. The lowest BCUT2D eigenvalue weighted by Crippen LogP contribution is -1.94. The van der Waals surface area contributed by atoms with Gasteiger partial charge in [0.15, 0.2) is 0 Å². The second-order valence-corrected chi connectivity index (χ2v) is 5.15. The van der Waals surface area contributed by atoms with E-state index in [9.17, 15) is 5.11 Å². The molecule has 3 nitrogen and oxygen atoms in total. The van der Waals surface area contributed by atoms with Crippen LogP contribution in [0.2, 0.25) is 0 Å². The van der Waals surface area contributed by atoms with Crippen LogP contribution in [0.15, 0.2) is 42.7 Å². The molecule has 0 radical (unpaired) electrons. The van der Waals surface area contributed by atoms with Crippen LogP contribution < -0.4 is 0 Å². The number of thiophene rings is 1. The fourth-order valence-corrected chi connectivity index (χ4v) is 2.96. The van der Waals surface area contributed by atoms with Crippen LogP contribution in [0.3, 0.4) is 0 Å². The minimum absolute atomic E-state index is 0.582.